The number of aliphatic hydroxyl groups excluding tert-OH is 1. The van der Waals surface area contributed by atoms with E-state index in [2.05, 4.69) is 27.5 Å². The number of rotatable bonds is 5. The number of hydrogen-bond acceptors (Lipinski definition) is 3. The zero-order valence-electron chi connectivity index (χ0n) is 13.2. The summed E-state index contributed by atoms with van der Waals surface area (Å²) < 4.78 is 0. The Morgan fingerprint density at radius 1 is 1.32 bits per heavy atom. The summed E-state index contributed by atoms with van der Waals surface area (Å²) in [6, 6.07) is 4.15. The van der Waals surface area contributed by atoms with Gasteiger partial charge >= 0.3 is 0 Å². The van der Waals surface area contributed by atoms with Crippen LogP contribution in [0.4, 0.5) is 0 Å². The molecule has 1 unspecified atom stereocenters. The van der Waals surface area contributed by atoms with Crippen molar-refractivity contribution in [2.75, 3.05) is 13.1 Å². The Bertz CT molecular complexity index is 435. The van der Waals surface area contributed by atoms with Crippen LogP contribution < -0.4 is 10.6 Å². The third-order valence-corrected chi connectivity index (χ3v) is 3.80. The summed E-state index contributed by atoms with van der Waals surface area (Å²) in [5, 5.41) is 16.9. The standard InChI is InChI=1S/C16H26N4O.HI/c1-2-18-16(20-14-6-4-3-5-7-14)19-12-15(21)13-8-10-17-11-9-13;/h8-11,14-15,21H,2-7,12H2,1H3,(H2,18,19,20);1H. The second-order valence-electron chi connectivity index (χ2n) is 5.50. The summed E-state index contributed by atoms with van der Waals surface area (Å²) in [5.41, 5.74) is 0.849. The Kier molecular flexibility index (Phi) is 9.38. The second kappa shape index (κ2) is 10.8. The molecular formula is C16H27IN4O. The molecule has 0 radical (unpaired) electrons. The summed E-state index contributed by atoms with van der Waals surface area (Å²) >= 11 is 0. The maximum absolute atomic E-state index is 10.2. The van der Waals surface area contributed by atoms with Crippen molar-refractivity contribution in [1.29, 1.82) is 0 Å². The predicted octanol–water partition coefficient (Wildman–Crippen LogP) is 2.62. The van der Waals surface area contributed by atoms with Crippen LogP contribution in [-0.4, -0.2) is 35.2 Å². The molecule has 1 aromatic heterocycles. The molecule has 1 atom stereocenters. The first kappa shape index (κ1) is 19.2. The first-order valence-electron chi connectivity index (χ1n) is 7.92. The number of aromatic nitrogens is 1. The third-order valence-electron chi connectivity index (χ3n) is 3.80. The van der Waals surface area contributed by atoms with Crippen LogP contribution in [0.3, 0.4) is 0 Å². The van der Waals surface area contributed by atoms with E-state index in [1.165, 1.54) is 32.1 Å². The highest BCUT2D eigenvalue weighted by Gasteiger charge is 2.14. The van der Waals surface area contributed by atoms with Crippen LogP contribution in [0, 0.1) is 0 Å². The van der Waals surface area contributed by atoms with Crippen molar-refractivity contribution in [2.45, 2.75) is 51.2 Å². The van der Waals surface area contributed by atoms with Gasteiger partial charge in [-0.15, -0.1) is 24.0 Å². The summed E-state index contributed by atoms with van der Waals surface area (Å²) in [6.45, 7) is 3.23. The number of aliphatic hydroxyl groups is 1. The van der Waals surface area contributed by atoms with E-state index in [-0.39, 0.29) is 24.0 Å². The van der Waals surface area contributed by atoms with Crippen molar-refractivity contribution in [2.24, 2.45) is 4.99 Å². The zero-order chi connectivity index (χ0) is 14.9. The van der Waals surface area contributed by atoms with Crippen LogP contribution in [0.25, 0.3) is 0 Å². The highest BCUT2D eigenvalue weighted by Crippen LogP contribution is 2.17. The zero-order valence-corrected chi connectivity index (χ0v) is 15.5. The Hall–Kier alpha value is -0.890. The number of nitrogens with one attached hydrogen (secondary N) is 2. The molecule has 0 bridgehead atoms. The lowest BCUT2D eigenvalue weighted by molar-refractivity contribution is 0.187. The van der Waals surface area contributed by atoms with Gasteiger partial charge in [0.2, 0.25) is 0 Å². The molecule has 1 fully saturated rings. The van der Waals surface area contributed by atoms with Crippen LogP contribution in [0.2, 0.25) is 0 Å². The van der Waals surface area contributed by atoms with E-state index in [4.69, 9.17) is 0 Å². The Morgan fingerprint density at radius 2 is 2.00 bits per heavy atom. The lowest BCUT2D eigenvalue weighted by Gasteiger charge is -2.25. The lowest BCUT2D eigenvalue weighted by atomic mass is 9.96. The maximum atomic E-state index is 10.2. The van der Waals surface area contributed by atoms with Crippen LogP contribution in [0.1, 0.15) is 50.7 Å². The van der Waals surface area contributed by atoms with Crippen molar-refractivity contribution in [1.82, 2.24) is 15.6 Å². The van der Waals surface area contributed by atoms with Gasteiger partial charge in [0.1, 0.15) is 0 Å². The fraction of sp³-hybridized carbons (Fsp3) is 0.625. The quantitative estimate of drug-likeness (QED) is 0.391. The van der Waals surface area contributed by atoms with Crippen molar-refractivity contribution in [3.05, 3.63) is 30.1 Å². The van der Waals surface area contributed by atoms with E-state index in [1.54, 1.807) is 12.4 Å². The average molecular weight is 418 g/mol. The highest BCUT2D eigenvalue weighted by molar-refractivity contribution is 14.0. The van der Waals surface area contributed by atoms with E-state index in [0.29, 0.717) is 12.6 Å². The largest absolute Gasteiger partial charge is 0.386 e. The number of nitrogens with zero attached hydrogens (tertiary/aromatic N) is 2. The van der Waals surface area contributed by atoms with Crippen LogP contribution in [-0.2, 0) is 0 Å². The van der Waals surface area contributed by atoms with Crippen molar-refractivity contribution >= 4 is 29.9 Å². The molecule has 3 N–H and O–H groups in total. The molecule has 1 saturated carbocycles. The van der Waals surface area contributed by atoms with Gasteiger partial charge in [0.05, 0.1) is 12.6 Å². The van der Waals surface area contributed by atoms with Crippen LogP contribution in [0.5, 0.6) is 0 Å². The van der Waals surface area contributed by atoms with Gasteiger partial charge in [-0.2, -0.15) is 0 Å². The molecule has 6 heteroatoms. The molecule has 0 aliphatic heterocycles. The molecule has 22 heavy (non-hydrogen) atoms. The number of pyridine rings is 1. The van der Waals surface area contributed by atoms with Gasteiger partial charge in [0.15, 0.2) is 5.96 Å². The molecule has 0 saturated heterocycles. The first-order chi connectivity index (χ1) is 10.3. The van der Waals surface area contributed by atoms with Gasteiger partial charge in [-0.25, -0.2) is 0 Å². The molecule has 5 nitrogen and oxygen atoms in total. The van der Waals surface area contributed by atoms with E-state index in [0.717, 1.165) is 18.1 Å². The summed E-state index contributed by atoms with van der Waals surface area (Å²) in [4.78, 5) is 8.47. The van der Waals surface area contributed by atoms with Gasteiger partial charge in [-0.3, -0.25) is 9.98 Å². The fourth-order valence-electron chi connectivity index (χ4n) is 2.63. The average Bonchev–Trinajstić information content (AvgIpc) is 2.54. The molecule has 1 aliphatic carbocycles. The SMILES string of the molecule is CCNC(=NCC(O)c1ccncc1)NC1CCCCC1.I. The van der Waals surface area contributed by atoms with Gasteiger partial charge < -0.3 is 15.7 Å². The summed E-state index contributed by atoms with van der Waals surface area (Å²) in [7, 11) is 0. The molecule has 2 rings (SSSR count). The summed E-state index contributed by atoms with van der Waals surface area (Å²) in [5.74, 6) is 0.803. The first-order valence-corrected chi connectivity index (χ1v) is 7.92. The van der Waals surface area contributed by atoms with E-state index >= 15 is 0 Å². The van der Waals surface area contributed by atoms with Gasteiger partial charge in [0, 0.05) is 25.0 Å². The molecule has 0 spiro atoms. The molecular weight excluding hydrogens is 391 g/mol. The predicted molar refractivity (Wildman–Crippen MR) is 101 cm³/mol. The van der Waals surface area contributed by atoms with E-state index < -0.39 is 6.10 Å². The normalized spacial score (nSPS) is 17.5. The molecule has 124 valence electrons. The number of aliphatic imine (C=N–C) groups is 1. The Labute approximate surface area is 150 Å². The minimum atomic E-state index is -0.588. The number of guanidine groups is 1. The van der Waals surface area contributed by atoms with Crippen LogP contribution >= 0.6 is 24.0 Å². The number of hydrogen-bond donors (Lipinski definition) is 3. The smallest absolute Gasteiger partial charge is 0.191 e. The van der Waals surface area contributed by atoms with Crippen molar-refractivity contribution < 1.29 is 5.11 Å². The second-order valence-corrected chi connectivity index (χ2v) is 5.50. The molecule has 0 aromatic carbocycles. The topological polar surface area (TPSA) is 69.5 Å². The summed E-state index contributed by atoms with van der Waals surface area (Å²) in [6.07, 6.45) is 9.12. The van der Waals surface area contributed by atoms with Gasteiger partial charge in [0.25, 0.3) is 0 Å². The Morgan fingerprint density at radius 3 is 2.64 bits per heavy atom. The minimum absolute atomic E-state index is 0. The minimum Gasteiger partial charge on any atom is -0.386 e. The number of halogens is 1. The van der Waals surface area contributed by atoms with E-state index in [9.17, 15) is 5.11 Å². The third kappa shape index (κ3) is 6.48. The highest BCUT2D eigenvalue weighted by atomic mass is 127. The Balaban J connectivity index is 0.00000242. The van der Waals surface area contributed by atoms with E-state index in [1.807, 2.05) is 12.1 Å². The fourth-order valence-corrected chi connectivity index (χ4v) is 2.63. The van der Waals surface area contributed by atoms with Gasteiger partial charge in [-0.05, 0) is 37.5 Å². The van der Waals surface area contributed by atoms with Crippen molar-refractivity contribution in [3.8, 4) is 0 Å². The van der Waals surface area contributed by atoms with Crippen LogP contribution in [0.15, 0.2) is 29.5 Å². The lowest BCUT2D eigenvalue weighted by Crippen LogP contribution is -2.44. The molecule has 1 aliphatic rings. The molecule has 1 heterocycles. The van der Waals surface area contributed by atoms with Crippen molar-refractivity contribution in [3.63, 3.8) is 0 Å². The maximum Gasteiger partial charge on any atom is 0.191 e. The molecule has 1 aromatic rings. The monoisotopic (exact) mass is 418 g/mol. The van der Waals surface area contributed by atoms with Gasteiger partial charge in [-0.1, -0.05) is 19.3 Å². The molecule has 0 amide bonds.